The van der Waals surface area contributed by atoms with Crippen molar-refractivity contribution in [1.82, 2.24) is 0 Å². The van der Waals surface area contributed by atoms with E-state index in [1.54, 1.807) is 0 Å². The van der Waals surface area contributed by atoms with Gasteiger partial charge in [-0.1, -0.05) is 6.42 Å². The SMILES string of the molecule is NCc1cc(CC2CC2)oc1C1CCC1. The molecule has 0 radical (unpaired) electrons. The zero-order valence-electron chi connectivity index (χ0n) is 9.17. The zero-order valence-corrected chi connectivity index (χ0v) is 9.17. The molecular weight excluding hydrogens is 186 g/mol. The van der Waals surface area contributed by atoms with Crippen LogP contribution in [0.5, 0.6) is 0 Å². The van der Waals surface area contributed by atoms with Crippen LogP contribution in [0.3, 0.4) is 0 Å². The second-order valence-corrected chi connectivity index (χ2v) is 5.08. The molecule has 0 aliphatic heterocycles. The van der Waals surface area contributed by atoms with Crippen molar-refractivity contribution < 1.29 is 4.42 Å². The summed E-state index contributed by atoms with van der Waals surface area (Å²) in [5.74, 6) is 3.96. The van der Waals surface area contributed by atoms with Crippen LogP contribution in [-0.4, -0.2) is 0 Å². The zero-order chi connectivity index (χ0) is 10.3. The number of rotatable bonds is 4. The smallest absolute Gasteiger partial charge is 0.111 e. The fourth-order valence-corrected chi connectivity index (χ4v) is 2.38. The van der Waals surface area contributed by atoms with Crippen LogP contribution in [0.25, 0.3) is 0 Å². The van der Waals surface area contributed by atoms with E-state index in [9.17, 15) is 0 Å². The molecule has 0 unspecified atom stereocenters. The lowest BCUT2D eigenvalue weighted by atomic mass is 9.82. The highest BCUT2D eigenvalue weighted by Crippen LogP contribution is 2.40. The molecule has 2 saturated carbocycles. The van der Waals surface area contributed by atoms with Crippen molar-refractivity contribution in [2.45, 2.75) is 51.0 Å². The first kappa shape index (κ1) is 9.46. The summed E-state index contributed by atoms with van der Waals surface area (Å²) in [7, 11) is 0. The average Bonchev–Trinajstić information content (AvgIpc) is 2.85. The van der Waals surface area contributed by atoms with Crippen LogP contribution in [0.4, 0.5) is 0 Å². The quantitative estimate of drug-likeness (QED) is 0.820. The predicted octanol–water partition coefficient (Wildman–Crippen LogP) is 2.96. The largest absolute Gasteiger partial charge is 0.465 e. The molecule has 2 aliphatic rings. The number of nitrogens with two attached hydrogens (primary N) is 1. The van der Waals surface area contributed by atoms with Crippen LogP contribution in [0.2, 0.25) is 0 Å². The normalized spacial score (nSPS) is 21.7. The standard InChI is InChI=1S/C13H19NO/c14-8-11-7-12(6-9-4-5-9)15-13(11)10-2-1-3-10/h7,9-10H,1-6,8,14H2. The Morgan fingerprint density at radius 3 is 2.60 bits per heavy atom. The summed E-state index contributed by atoms with van der Waals surface area (Å²) in [4.78, 5) is 0. The third-order valence-electron chi connectivity index (χ3n) is 3.78. The van der Waals surface area contributed by atoms with E-state index in [0.29, 0.717) is 12.5 Å². The van der Waals surface area contributed by atoms with Gasteiger partial charge in [0.1, 0.15) is 11.5 Å². The molecule has 1 aromatic heterocycles. The van der Waals surface area contributed by atoms with Gasteiger partial charge in [0.05, 0.1) is 0 Å². The van der Waals surface area contributed by atoms with Crippen LogP contribution < -0.4 is 5.73 Å². The average molecular weight is 205 g/mol. The summed E-state index contributed by atoms with van der Waals surface area (Å²) in [6.07, 6.45) is 7.86. The van der Waals surface area contributed by atoms with Gasteiger partial charge in [-0.3, -0.25) is 0 Å². The lowest BCUT2D eigenvalue weighted by molar-refractivity contribution is 0.331. The Kier molecular flexibility index (Phi) is 2.32. The highest BCUT2D eigenvalue weighted by atomic mass is 16.3. The molecule has 2 nitrogen and oxygen atoms in total. The maximum atomic E-state index is 5.98. The third-order valence-corrected chi connectivity index (χ3v) is 3.78. The molecule has 2 N–H and O–H groups in total. The Labute approximate surface area is 90.8 Å². The van der Waals surface area contributed by atoms with Crippen LogP contribution in [-0.2, 0) is 13.0 Å². The first-order chi connectivity index (χ1) is 7.36. The number of hydrogen-bond donors (Lipinski definition) is 1. The van der Waals surface area contributed by atoms with Crippen LogP contribution in [0.1, 0.15) is 55.1 Å². The van der Waals surface area contributed by atoms with Crippen LogP contribution in [0, 0.1) is 5.92 Å². The molecule has 1 aromatic rings. The lowest BCUT2D eigenvalue weighted by Crippen LogP contribution is -2.11. The molecule has 0 bridgehead atoms. The molecule has 2 heteroatoms. The van der Waals surface area contributed by atoms with Gasteiger partial charge < -0.3 is 10.2 Å². The van der Waals surface area contributed by atoms with Crippen molar-refractivity contribution in [3.8, 4) is 0 Å². The summed E-state index contributed by atoms with van der Waals surface area (Å²) in [6, 6.07) is 2.20. The molecule has 0 aromatic carbocycles. The van der Waals surface area contributed by atoms with E-state index in [2.05, 4.69) is 6.07 Å². The van der Waals surface area contributed by atoms with Gasteiger partial charge in [-0.05, 0) is 37.7 Å². The molecular formula is C13H19NO. The Morgan fingerprint density at radius 2 is 2.07 bits per heavy atom. The van der Waals surface area contributed by atoms with E-state index in [-0.39, 0.29) is 0 Å². The molecule has 0 spiro atoms. The van der Waals surface area contributed by atoms with Gasteiger partial charge in [0, 0.05) is 24.4 Å². The third kappa shape index (κ3) is 1.83. The predicted molar refractivity (Wildman–Crippen MR) is 59.6 cm³/mol. The van der Waals surface area contributed by atoms with Crippen molar-refractivity contribution in [1.29, 1.82) is 0 Å². The second kappa shape index (κ2) is 3.67. The summed E-state index contributed by atoms with van der Waals surface area (Å²) >= 11 is 0. The van der Waals surface area contributed by atoms with Crippen LogP contribution in [0.15, 0.2) is 10.5 Å². The van der Waals surface area contributed by atoms with Gasteiger partial charge in [0.15, 0.2) is 0 Å². The molecule has 82 valence electrons. The topological polar surface area (TPSA) is 39.2 Å². The van der Waals surface area contributed by atoms with E-state index >= 15 is 0 Å². The molecule has 15 heavy (non-hydrogen) atoms. The van der Waals surface area contributed by atoms with E-state index < -0.39 is 0 Å². The van der Waals surface area contributed by atoms with Crippen molar-refractivity contribution in [2.75, 3.05) is 0 Å². The first-order valence-electron chi connectivity index (χ1n) is 6.18. The summed E-state index contributed by atoms with van der Waals surface area (Å²) in [5.41, 5.74) is 7.03. The highest BCUT2D eigenvalue weighted by Gasteiger charge is 2.28. The molecule has 2 aliphatic carbocycles. The lowest BCUT2D eigenvalue weighted by Gasteiger charge is -2.24. The van der Waals surface area contributed by atoms with Gasteiger partial charge in [-0.2, -0.15) is 0 Å². The second-order valence-electron chi connectivity index (χ2n) is 5.08. The molecule has 1 heterocycles. The maximum Gasteiger partial charge on any atom is 0.111 e. The Hall–Kier alpha value is -0.760. The van der Waals surface area contributed by atoms with Gasteiger partial charge >= 0.3 is 0 Å². The van der Waals surface area contributed by atoms with Crippen molar-refractivity contribution in [3.63, 3.8) is 0 Å². The van der Waals surface area contributed by atoms with E-state index in [1.807, 2.05) is 0 Å². The minimum Gasteiger partial charge on any atom is -0.465 e. The Morgan fingerprint density at radius 1 is 1.27 bits per heavy atom. The summed E-state index contributed by atoms with van der Waals surface area (Å²) in [5, 5.41) is 0. The van der Waals surface area contributed by atoms with Crippen molar-refractivity contribution in [2.24, 2.45) is 11.7 Å². The maximum absolute atomic E-state index is 5.98. The molecule has 0 atom stereocenters. The summed E-state index contributed by atoms with van der Waals surface area (Å²) in [6.45, 7) is 0.639. The fraction of sp³-hybridized carbons (Fsp3) is 0.692. The molecule has 0 amide bonds. The van der Waals surface area contributed by atoms with Gasteiger partial charge in [-0.25, -0.2) is 0 Å². The molecule has 2 fully saturated rings. The van der Waals surface area contributed by atoms with Crippen molar-refractivity contribution >= 4 is 0 Å². The summed E-state index contributed by atoms with van der Waals surface area (Å²) < 4.78 is 5.98. The molecule has 0 saturated heterocycles. The minimum atomic E-state index is 0.639. The van der Waals surface area contributed by atoms with E-state index in [4.69, 9.17) is 10.2 Å². The number of furan rings is 1. The van der Waals surface area contributed by atoms with Crippen molar-refractivity contribution in [3.05, 3.63) is 23.2 Å². The van der Waals surface area contributed by atoms with Gasteiger partial charge in [-0.15, -0.1) is 0 Å². The van der Waals surface area contributed by atoms with Crippen LogP contribution >= 0.6 is 0 Å². The Balaban J connectivity index is 1.79. The van der Waals surface area contributed by atoms with E-state index in [0.717, 1.165) is 12.3 Å². The monoisotopic (exact) mass is 205 g/mol. The van der Waals surface area contributed by atoms with E-state index in [1.165, 1.54) is 49.2 Å². The Bertz CT molecular complexity index is 347. The van der Waals surface area contributed by atoms with Gasteiger partial charge in [0.2, 0.25) is 0 Å². The molecule has 3 rings (SSSR count). The first-order valence-corrected chi connectivity index (χ1v) is 6.18. The van der Waals surface area contributed by atoms with Gasteiger partial charge in [0.25, 0.3) is 0 Å². The fourth-order valence-electron chi connectivity index (χ4n) is 2.38. The minimum absolute atomic E-state index is 0.639. The number of hydrogen-bond acceptors (Lipinski definition) is 2. The highest BCUT2D eigenvalue weighted by molar-refractivity contribution is 5.26.